The molecule has 13 heavy (non-hydrogen) atoms. The zero-order valence-corrected chi connectivity index (χ0v) is 9.75. The predicted molar refractivity (Wildman–Crippen MR) is 60.1 cm³/mol. The van der Waals surface area contributed by atoms with Crippen LogP contribution >= 0.6 is 11.8 Å². The Morgan fingerprint density at radius 1 is 1.38 bits per heavy atom. The molecule has 0 aromatic heterocycles. The molecule has 0 saturated carbocycles. The van der Waals surface area contributed by atoms with Crippen molar-refractivity contribution in [3.63, 3.8) is 0 Å². The van der Waals surface area contributed by atoms with Crippen molar-refractivity contribution in [1.82, 2.24) is 5.32 Å². The van der Waals surface area contributed by atoms with Crippen LogP contribution in [0.25, 0.3) is 0 Å². The minimum absolute atomic E-state index is 0.192. The van der Waals surface area contributed by atoms with Gasteiger partial charge in [0.2, 0.25) is 5.91 Å². The molecule has 0 heterocycles. The van der Waals surface area contributed by atoms with Crippen LogP contribution in [0.5, 0.6) is 0 Å². The van der Waals surface area contributed by atoms with Crippen molar-refractivity contribution >= 4 is 17.7 Å². The van der Waals surface area contributed by atoms with E-state index < -0.39 is 0 Å². The van der Waals surface area contributed by atoms with Crippen LogP contribution in [-0.2, 0) is 4.79 Å². The van der Waals surface area contributed by atoms with E-state index in [-0.39, 0.29) is 5.91 Å². The topological polar surface area (TPSA) is 29.1 Å². The maximum Gasteiger partial charge on any atom is 0.220 e. The Bertz CT molecular complexity index is 139. The highest BCUT2D eigenvalue weighted by Crippen LogP contribution is 2.12. The number of rotatable bonds is 7. The van der Waals surface area contributed by atoms with Crippen molar-refractivity contribution in [1.29, 1.82) is 0 Å². The zero-order valence-electron chi connectivity index (χ0n) is 8.93. The third-order valence-corrected chi connectivity index (χ3v) is 3.17. The van der Waals surface area contributed by atoms with E-state index in [4.69, 9.17) is 0 Å². The summed E-state index contributed by atoms with van der Waals surface area (Å²) < 4.78 is 0. The number of carbonyl (C=O) groups excluding carboxylic acids is 1. The summed E-state index contributed by atoms with van der Waals surface area (Å²) in [7, 11) is 0. The van der Waals surface area contributed by atoms with Gasteiger partial charge in [-0.3, -0.25) is 4.79 Å². The Morgan fingerprint density at radius 3 is 2.54 bits per heavy atom. The third kappa shape index (κ3) is 6.94. The van der Waals surface area contributed by atoms with Gasteiger partial charge in [-0.2, -0.15) is 11.8 Å². The standard InChI is InChI=1S/C10H21NOS/c1-4-7-10(12)11-8-9(5-2)13-6-3/h9H,4-8H2,1-3H3,(H,11,12). The van der Waals surface area contributed by atoms with Crippen LogP contribution in [0.3, 0.4) is 0 Å². The molecule has 0 aliphatic heterocycles. The first-order valence-corrected chi connectivity index (χ1v) is 6.17. The van der Waals surface area contributed by atoms with E-state index in [9.17, 15) is 4.79 Å². The van der Waals surface area contributed by atoms with Gasteiger partial charge in [0, 0.05) is 18.2 Å². The Morgan fingerprint density at radius 2 is 2.08 bits per heavy atom. The summed E-state index contributed by atoms with van der Waals surface area (Å²) in [5.74, 6) is 1.32. The van der Waals surface area contributed by atoms with Crippen molar-refractivity contribution in [2.75, 3.05) is 12.3 Å². The average Bonchev–Trinajstić information content (AvgIpc) is 2.12. The second kappa shape index (κ2) is 8.42. The summed E-state index contributed by atoms with van der Waals surface area (Å²) >= 11 is 1.92. The van der Waals surface area contributed by atoms with E-state index in [0.29, 0.717) is 11.7 Å². The van der Waals surface area contributed by atoms with Gasteiger partial charge in [-0.1, -0.05) is 20.8 Å². The second-order valence-electron chi connectivity index (χ2n) is 3.04. The molecule has 0 bridgehead atoms. The fourth-order valence-corrected chi connectivity index (χ4v) is 2.01. The van der Waals surface area contributed by atoms with Gasteiger partial charge in [0.25, 0.3) is 0 Å². The molecule has 78 valence electrons. The molecule has 1 N–H and O–H groups in total. The first-order valence-electron chi connectivity index (χ1n) is 5.12. The highest BCUT2D eigenvalue weighted by atomic mass is 32.2. The van der Waals surface area contributed by atoms with E-state index in [1.54, 1.807) is 0 Å². The minimum Gasteiger partial charge on any atom is -0.355 e. The fourth-order valence-electron chi connectivity index (χ4n) is 1.10. The van der Waals surface area contributed by atoms with Crippen molar-refractivity contribution < 1.29 is 4.79 Å². The largest absolute Gasteiger partial charge is 0.355 e. The maximum absolute atomic E-state index is 11.1. The van der Waals surface area contributed by atoms with Crippen LogP contribution in [0.2, 0.25) is 0 Å². The molecule has 1 atom stereocenters. The predicted octanol–water partition coefficient (Wildman–Crippen LogP) is 2.43. The van der Waals surface area contributed by atoms with Crippen LogP contribution < -0.4 is 5.32 Å². The molecule has 1 amide bonds. The van der Waals surface area contributed by atoms with Gasteiger partial charge in [-0.05, 0) is 18.6 Å². The molecule has 0 fully saturated rings. The number of thioether (sulfide) groups is 1. The second-order valence-corrected chi connectivity index (χ2v) is 4.62. The number of carbonyl (C=O) groups is 1. The smallest absolute Gasteiger partial charge is 0.220 e. The molecular weight excluding hydrogens is 182 g/mol. The fraction of sp³-hybridized carbons (Fsp3) is 0.900. The molecule has 3 heteroatoms. The average molecular weight is 203 g/mol. The van der Waals surface area contributed by atoms with Gasteiger partial charge in [0.05, 0.1) is 0 Å². The summed E-state index contributed by atoms with van der Waals surface area (Å²) in [5, 5.41) is 3.55. The van der Waals surface area contributed by atoms with E-state index in [1.165, 1.54) is 0 Å². The van der Waals surface area contributed by atoms with Crippen LogP contribution in [-0.4, -0.2) is 23.5 Å². The number of amides is 1. The molecule has 0 aromatic rings. The van der Waals surface area contributed by atoms with Crippen LogP contribution in [0.4, 0.5) is 0 Å². The van der Waals surface area contributed by atoms with Gasteiger partial charge in [0.1, 0.15) is 0 Å². The number of nitrogens with one attached hydrogen (secondary N) is 1. The lowest BCUT2D eigenvalue weighted by Crippen LogP contribution is -2.30. The van der Waals surface area contributed by atoms with Crippen molar-refractivity contribution in [2.45, 2.75) is 45.3 Å². The summed E-state index contributed by atoms with van der Waals surface area (Å²) in [5.41, 5.74) is 0. The van der Waals surface area contributed by atoms with E-state index in [0.717, 1.165) is 25.1 Å². The first-order chi connectivity index (χ1) is 6.24. The SMILES string of the molecule is CCCC(=O)NCC(CC)SCC. The normalized spacial score (nSPS) is 12.5. The molecule has 0 rings (SSSR count). The van der Waals surface area contributed by atoms with E-state index in [1.807, 2.05) is 18.7 Å². The Hall–Kier alpha value is -0.180. The van der Waals surface area contributed by atoms with Gasteiger partial charge in [0.15, 0.2) is 0 Å². The summed E-state index contributed by atoms with van der Waals surface area (Å²) in [6.45, 7) is 7.17. The van der Waals surface area contributed by atoms with E-state index >= 15 is 0 Å². The highest BCUT2D eigenvalue weighted by molar-refractivity contribution is 7.99. The van der Waals surface area contributed by atoms with Gasteiger partial charge >= 0.3 is 0 Å². The number of hydrogen-bond donors (Lipinski definition) is 1. The quantitative estimate of drug-likeness (QED) is 0.688. The van der Waals surface area contributed by atoms with Crippen molar-refractivity contribution in [3.8, 4) is 0 Å². The highest BCUT2D eigenvalue weighted by Gasteiger charge is 2.06. The Labute approximate surface area is 85.9 Å². The third-order valence-electron chi connectivity index (χ3n) is 1.86. The van der Waals surface area contributed by atoms with Gasteiger partial charge in [-0.25, -0.2) is 0 Å². The molecule has 0 aromatic carbocycles. The van der Waals surface area contributed by atoms with Crippen molar-refractivity contribution in [3.05, 3.63) is 0 Å². The first kappa shape index (κ1) is 12.8. The molecule has 2 nitrogen and oxygen atoms in total. The lowest BCUT2D eigenvalue weighted by atomic mass is 10.3. The molecule has 0 aliphatic rings. The molecule has 1 unspecified atom stereocenters. The lowest BCUT2D eigenvalue weighted by Gasteiger charge is -2.13. The van der Waals surface area contributed by atoms with Gasteiger partial charge < -0.3 is 5.32 Å². The minimum atomic E-state index is 0.192. The molecule has 0 spiro atoms. The maximum atomic E-state index is 11.1. The van der Waals surface area contributed by atoms with E-state index in [2.05, 4.69) is 19.2 Å². The summed E-state index contributed by atoms with van der Waals surface area (Å²) in [6.07, 6.45) is 2.72. The van der Waals surface area contributed by atoms with Crippen LogP contribution in [0.1, 0.15) is 40.0 Å². The van der Waals surface area contributed by atoms with Gasteiger partial charge in [-0.15, -0.1) is 0 Å². The molecule has 0 radical (unpaired) electrons. The lowest BCUT2D eigenvalue weighted by molar-refractivity contribution is -0.121. The van der Waals surface area contributed by atoms with Crippen LogP contribution in [0, 0.1) is 0 Å². The Kier molecular flexibility index (Phi) is 8.30. The van der Waals surface area contributed by atoms with Crippen molar-refractivity contribution in [2.24, 2.45) is 0 Å². The Balaban J connectivity index is 3.52. The molecular formula is C10H21NOS. The number of hydrogen-bond acceptors (Lipinski definition) is 2. The monoisotopic (exact) mass is 203 g/mol. The molecule has 0 aliphatic carbocycles. The summed E-state index contributed by atoms with van der Waals surface area (Å²) in [4.78, 5) is 11.1. The molecule has 0 saturated heterocycles. The zero-order chi connectivity index (χ0) is 10.1. The summed E-state index contributed by atoms with van der Waals surface area (Å²) in [6, 6.07) is 0. The van der Waals surface area contributed by atoms with Crippen LogP contribution in [0.15, 0.2) is 0 Å².